The summed E-state index contributed by atoms with van der Waals surface area (Å²) in [7, 11) is 0. The quantitative estimate of drug-likeness (QED) is 0.786. The van der Waals surface area contributed by atoms with Crippen LogP contribution in [-0.4, -0.2) is 6.54 Å². The van der Waals surface area contributed by atoms with Crippen molar-refractivity contribution >= 4 is 39.1 Å². The lowest BCUT2D eigenvalue weighted by Crippen LogP contribution is -2.23. The highest BCUT2D eigenvalue weighted by atomic mass is 79.9. The molecule has 0 radical (unpaired) electrons. The zero-order chi connectivity index (χ0) is 13.8. The molecule has 0 bridgehead atoms. The second-order valence-corrected chi connectivity index (χ2v) is 5.70. The second kappa shape index (κ2) is 6.80. The van der Waals surface area contributed by atoms with E-state index in [4.69, 9.17) is 27.6 Å². The first-order valence-electron chi connectivity index (χ1n) is 6.02. The maximum absolute atomic E-state index is 6.23. The molecule has 0 spiro atoms. The van der Waals surface area contributed by atoms with Gasteiger partial charge in [0.05, 0.1) is 6.26 Å². The summed E-state index contributed by atoms with van der Waals surface area (Å²) in [6, 6.07) is 7.62. The van der Waals surface area contributed by atoms with E-state index in [0.717, 1.165) is 22.3 Å². The van der Waals surface area contributed by atoms with E-state index in [9.17, 15) is 0 Å². The number of furan rings is 1. The van der Waals surface area contributed by atoms with Gasteiger partial charge in [0.25, 0.3) is 0 Å². The lowest BCUT2D eigenvalue weighted by atomic mass is 10.0. The molecule has 0 amide bonds. The van der Waals surface area contributed by atoms with Crippen LogP contribution in [-0.2, 0) is 6.42 Å². The van der Waals surface area contributed by atoms with Crippen LogP contribution in [0.25, 0.3) is 0 Å². The molecule has 2 nitrogen and oxygen atoms in total. The molecule has 2 aromatic rings. The molecular formula is C14H14BrCl2NO. The molecule has 19 heavy (non-hydrogen) atoms. The minimum absolute atomic E-state index is 0.107. The standard InChI is InChI=1S/C14H14BrCl2NO/c1-2-18-13(9-6-7-19-14(9)15)8-10-11(16)4-3-5-12(10)17/h3-7,13,18H,2,8H2,1H3. The summed E-state index contributed by atoms with van der Waals surface area (Å²) in [5.74, 6) is 0. The molecule has 5 heteroatoms. The Morgan fingerprint density at radius 3 is 2.47 bits per heavy atom. The predicted molar refractivity (Wildman–Crippen MR) is 83.0 cm³/mol. The van der Waals surface area contributed by atoms with Gasteiger partial charge < -0.3 is 9.73 Å². The SMILES string of the molecule is CCNC(Cc1c(Cl)cccc1Cl)c1ccoc1Br. The second-order valence-electron chi connectivity index (χ2n) is 4.16. The summed E-state index contributed by atoms with van der Waals surface area (Å²) < 4.78 is 6.04. The highest BCUT2D eigenvalue weighted by Gasteiger charge is 2.19. The van der Waals surface area contributed by atoms with E-state index in [1.165, 1.54) is 0 Å². The third-order valence-electron chi connectivity index (χ3n) is 2.94. The largest absolute Gasteiger partial charge is 0.457 e. The molecule has 0 aliphatic heterocycles. The molecule has 0 saturated heterocycles. The Morgan fingerprint density at radius 2 is 1.95 bits per heavy atom. The fourth-order valence-electron chi connectivity index (χ4n) is 2.02. The van der Waals surface area contributed by atoms with Crippen LogP contribution in [0.2, 0.25) is 10.0 Å². The predicted octanol–water partition coefficient (Wildman–Crippen LogP) is 5.24. The first-order valence-corrected chi connectivity index (χ1v) is 7.57. The van der Waals surface area contributed by atoms with Crippen molar-refractivity contribution in [2.75, 3.05) is 6.54 Å². The normalized spacial score (nSPS) is 12.6. The Labute approximate surface area is 131 Å². The van der Waals surface area contributed by atoms with Crippen molar-refractivity contribution in [1.29, 1.82) is 0 Å². The molecule has 1 unspecified atom stereocenters. The van der Waals surface area contributed by atoms with Gasteiger partial charge in [-0.3, -0.25) is 0 Å². The summed E-state index contributed by atoms with van der Waals surface area (Å²) in [4.78, 5) is 0. The van der Waals surface area contributed by atoms with Gasteiger partial charge in [-0.05, 0) is 52.7 Å². The number of hydrogen-bond acceptors (Lipinski definition) is 2. The van der Waals surface area contributed by atoms with Gasteiger partial charge in [0.1, 0.15) is 0 Å². The Kier molecular flexibility index (Phi) is 5.34. The molecule has 0 aliphatic rings. The van der Waals surface area contributed by atoms with Gasteiger partial charge in [-0.2, -0.15) is 0 Å². The van der Waals surface area contributed by atoms with Crippen LogP contribution in [0.1, 0.15) is 24.1 Å². The Balaban J connectivity index is 2.29. The number of benzene rings is 1. The maximum atomic E-state index is 6.23. The lowest BCUT2D eigenvalue weighted by molar-refractivity contribution is 0.506. The van der Waals surface area contributed by atoms with Gasteiger partial charge in [0.15, 0.2) is 4.67 Å². The minimum Gasteiger partial charge on any atom is -0.457 e. The molecule has 1 heterocycles. The van der Waals surface area contributed by atoms with Crippen molar-refractivity contribution in [2.45, 2.75) is 19.4 Å². The van der Waals surface area contributed by atoms with E-state index in [1.54, 1.807) is 6.26 Å². The van der Waals surface area contributed by atoms with E-state index in [0.29, 0.717) is 16.5 Å². The zero-order valence-electron chi connectivity index (χ0n) is 10.4. The van der Waals surface area contributed by atoms with Crippen LogP contribution < -0.4 is 5.32 Å². The highest BCUT2D eigenvalue weighted by molar-refractivity contribution is 9.10. The molecule has 1 aromatic carbocycles. The first-order chi connectivity index (χ1) is 9.13. The molecule has 102 valence electrons. The smallest absolute Gasteiger partial charge is 0.173 e. The Hall–Kier alpha value is -0.480. The average Bonchev–Trinajstić information content (AvgIpc) is 2.79. The van der Waals surface area contributed by atoms with Gasteiger partial charge in [-0.15, -0.1) is 0 Å². The van der Waals surface area contributed by atoms with Crippen LogP contribution in [0.15, 0.2) is 39.6 Å². The summed E-state index contributed by atoms with van der Waals surface area (Å²) in [6.07, 6.45) is 2.38. The number of halogens is 3. The van der Waals surface area contributed by atoms with Crippen molar-refractivity contribution < 1.29 is 4.42 Å². The molecule has 0 aliphatic carbocycles. The average molecular weight is 363 g/mol. The van der Waals surface area contributed by atoms with Gasteiger partial charge in [0, 0.05) is 21.7 Å². The molecular weight excluding hydrogens is 349 g/mol. The van der Waals surface area contributed by atoms with Crippen molar-refractivity contribution in [3.63, 3.8) is 0 Å². The van der Waals surface area contributed by atoms with Crippen LogP contribution in [0, 0.1) is 0 Å². The van der Waals surface area contributed by atoms with Crippen molar-refractivity contribution in [1.82, 2.24) is 5.32 Å². The van der Waals surface area contributed by atoms with Crippen LogP contribution in [0.4, 0.5) is 0 Å². The molecule has 1 N–H and O–H groups in total. The number of rotatable bonds is 5. The molecule has 1 atom stereocenters. The van der Waals surface area contributed by atoms with E-state index >= 15 is 0 Å². The first kappa shape index (κ1) is 14.9. The third-order valence-corrected chi connectivity index (χ3v) is 4.29. The summed E-state index contributed by atoms with van der Waals surface area (Å²) in [5.41, 5.74) is 2.02. The fourth-order valence-corrected chi connectivity index (χ4v) is 3.09. The minimum atomic E-state index is 0.107. The van der Waals surface area contributed by atoms with Crippen molar-refractivity contribution in [3.8, 4) is 0 Å². The number of likely N-dealkylation sites (N-methyl/N-ethyl adjacent to an activating group) is 1. The summed E-state index contributed by atoms with van der Waals surface area (Å²) in [5, 5.41) is 4.80. The van der Waals surface area contributed by atoms with Crippen molar-refractivity contribution in [2.24, 2.45) is 0 Å². The van der Waals surface area contributed by atoms with Gasteiger partial charge in [-0.1, -0.05) is 36.2 Å². The van der Waals surface area contributed by atoms with Gasteiger partial charge in [-0.25, -0.2) is 0 Å². The van der Waals surface area contributed by atoms with Crippen molar-refractivity contribution in [3.05, 3.63) is 56.4 Å². The number of nitrogens with one attached hydrogen (secondary N) is 1. The van der Waals surface area contributed by atoms with Crippen LogP contribution in [0.5, 0.6) is 0 Å². The highest BCUT2D eigenvalue weighted by Crippen LogP contribution is 2.32. The van der Waals surface area contributed by atoms with Gasteiger partial charge in [0.2, 0.25) is 0 Å². The van der Waals surface area contributed by atoms with E-state index in [2.05, 4.69) is 28.2 Å². The van der Waals surface area contributed by atoms with Crippen LogP contribution in [0.3, 0.4) is 0 Å². The summed E-state index contributed by atoms with van der Waals surface area (Å²) in [6.45, 7) is 2.92. The van der Waals surface area contributed by atoms with E-state index in [1.807, 2.05) is 24.3 Å². The summed E-state index contributed by atoms with van der Waals surface area (Å²) >= 11 is 15.9. The molecule has 2 rings (SSSR count). The fraction of sp³-hybridized carbons (Fsp3) is 0.286. The van der Waals surface area contributed by atoms with Gasteiger partial charge >= 0.3 is 0 Å². The third kappa shape index (κ3) is 3.54. The van der Waals surface area contributed by atoms with E-state index < -0.39 is 0 Å². The monoisotopic (exact) mass is 361 g/mol. The molecule has 0 fully saturated rings. The Bertz CT molecular complexity index is 536. The lowest BCUT2D eigenvalue weighted by Gasteiger charge is -2.18. The van der Waals surface area contributed by atoms with E-state index in [-0.39, 0.29) is 6.04 Å². The topological polar surface area (TPSA) is 25.2 Å². The Morgan fingerprint density at radius 1 is 1.26 bits per heavy atom. The molecule has 0 saturated carbocycles. The number of hydrogen-bond donors (Lipinski definition) is 1. The maximum Gasteiger partial charge on any atom is 0.173 e. The van der Waals surface area contributed by atoms with Crippen LogP contribution >= 0.6 is 39.1 Å². The molecule has 1 aromatic heterocycles. The zero-order valence-corrected chi connectivity index (χ0v) is 13.5.